The number of hydrogen-bond acceptors (Lipinski definition) is 2. The number of alkyl halides is 4. The van der Waals surface area contributed by atoms with E-state index in [1.54, 1.807) is 0 Å². The monoisotopic (exact) mass is 202 g/mol. The molecular formula is C7H10F4O2. The van der Waals surface area contributed by atoms with Crippen LogP contribution in [0.1, 0.15) is 13.8 Å². The van der Waals surface area contributed by atoms with Crippen molar-refractivity contribution in [2.24, 2.45) is 0 Å². The van der Waals surface area contributed by atoms with Gasteiger partial charge in [-0.15, -0.1) is 0 Å². The first-order valence-electron chi connectivity index (χ1n) is 3.81. The Morgan fingerprint density at radius 1 is 1.23 bits per heavy atom. The molecule has 0 N–H and O–H groups in total. The second-order valence-corrected chi connectivity index (χ2v) is 3.07. The first-order chi connectivity index (χ1) is 5.76. The summed E-state index contributed by atoms with van der Waals surface area (Å²) in [6, 6.07) is 0. The minimum absolute atomic E-state index is 0.522. The van der Waals surface area contributed by atoms with E-state index in [-0.39, 0.29) is 0 Å². The zero-order valence-electron chi connectivity index (χ0n) is 7.19. The van der Waals surface area contributed by atoms with Gasteiger partial charge in [0.1, 0.15) is 6.61 Å². The summed E-state index contributed by atoms with van der Waals surface area (Å²) in [6.45, 7) is 1.77. The van der Waals surface area contributed by atoms with Gasteiger partial charge in [-0.2, -0.15) is 17.6 Å². The third-order valence-corrected chi connectivity index (χ3v) is 1.99. The van der Waals surface area contributed by atoms with E-state index < -0.39 is 30.8 Å². The van der Waals surface area contributed by atoms with Crippen molar-refractivity contribution in [3.05, 3.63) is 0 Å². The Kier molecular flexibility index (Phi) is 2.55. The maximum absolute atomic E-state index is 13.0. The van der Waals surface area contributed by atoms with Crippen LogP contribution in [0.25, 0.3) is 0 Å². The molecule has 0 amide bonds. The van der Waals surface area contributed by atoms with E-state index in [4.69, 9.17) is 0 Å². The van der Waals surface area contributed by atoms with E-state index in [0.717, 1.165) is 0 Å². The average molecular weight is 202 g/mol. The van der Waals surface area contributed by atoms with Crippen LogP contribution in [0, 0.1) is 0 Å². The van der Waals surface area contributed by atoms with E-state index in [2.05, 4.69) is 9.47 Å². The Labute approximate surface area is 72.8 Å². The molecule has 1 aliphatic rings. The summed E-state index contributed by atoms with van der Waals surface area (Å²) >= 11 is 0. The highest BCUT2D eigenvalue weighted by atomic mass is 19.4. The molecule has 1 saturated heterocycles. The standard InChI is InChI=1S/C7H10F4O2/c1-4-5(2)13-6(8,3-12-4)7(9,10)11/h4-5H,3H2,1-2H3. The van der Waals surface area contributed by atoms with E-state index in [1.165, 1.54) is 13.8 Å². The lowest BCUT2D eigenvalue weighted by Crippen LogP contribution is -2.55. The van der Waals surface area contributed by atoms with Crippen LogP contribution in [-0.2, 0) is 9.47 Å². The quantitative estimate of drug-likeness (QED) is 0.559. The van der Waals surface area contributed by atoms with Crippen LogP contribution in [-0.4, -0.2) is 30.8 Å². The molecule has 0 aliphatic carbocycles. The van der Waals surface area contributed by atoms with E-state index >= 15 is 0 Å². The number of halogens is 4. The second-order valence-electron chi connectivity index (χ2n) is 3.07. The molecule has 3 unspecified atom stereocenters. The van der Waals surface area contributed by atoms with E-state index in [9.17, 15) is 17.6 Å². The van der Waals surface area contributed by atoms with Gasteiger partial charge in [-0.1, -0.05) is 0 Å². The van der Waals surface area contributed by atoms with Gasteiger partial charge in [0.15, 0.2) is 0 Å². The molecule has 1 rings (SSSR count). The molecule has 1 aliphatic heterocycles. The predicted octanol–water partition coefficient (Wildman–Crippen LogP) is 2.04. The maximum atomic E-state index is 13.0. The van der Waals surface area contributed by atoms with Gasteiger partial charge >= 0.3 is 12.0 Å². The van der Waals surface area contributed by atoms with Crippen LogP contribution in [0.2, 0.25) is 0 Å². The van der Waals surface area contributed by atoms with Crippen molar-refractivity contribution >= 4 is 0 Å². The van der Waals surface area contributed by atoms with Crippen LogP contribution >= 0.6 is 0 Å². The maximum Gasteiger partial charge on any atom is 0.450 e. The van der Waals surface area contributed by atoms with Crippen molar-refractivity contribution < 1.29 is 27.0 Å². The van der Waals surface area contributed by atoms with Crippen molar-refractivity contribution in [3.8, 4) is 0 Å². The second kappa shape index (κ2) is 3.09. The fourth-order valence-electron chi connectivity index (χ4n) is 0.947. The molecular weight excluding hydrogens is 192 g/mol. The van der Waals surface area contributed by atoms with Crippen LogP contribution in [0.4, 0.5) is 17.6 Å². The molecule has 0 aromatic carbocycles. The Bertz CT molecular complexity index is 193. The van der Waals surface area contributed by atoms with Crippen LogP contribution in [0.5, 0.6) is 0 Å². The van der Waals surface area contributed by atoms with Gasteiger partial charge in [-0.3, -0.25) is 0 Å². The van der Waals surface area contributed by atoms with Crippen molar-refractivity contribution in [2.45, 2.75) is 38.1 Å². The first-order valence-corrected chi connectivity index (χ1v) is 3.81. The van der Waals surface area contributed by atoms with Gasteiger partial charge in [0.05, 0.1) is 12.2 Å². The lowest BCUT2D eigenvalue weighted by Gasteiger charge is -2.38. The molecule has 1 heterocycles. The fraction of sp³-hybridized carbons (Fsp3) is 1.00. The predicted molar refractivity (Wildman–Crippen MR) is 35.9 cm³/mol. The molecule has 0 radical (unpaired) electrons. The minimum atomic E-state index is -5.04. The average Bonchev–Trinajstić information content (AvgIpc) is 1.95. The molecule has 6 heteroatoms. The number of hydrogen-bond donors (Lipinski definition) is 0. The normalized spacial score (nSPS) is 42.0. The highest BCUT2D eigenvalue weighted by Crippen LogP contribution is 2.39. The van der Waals surface area contributed by atoms with Crippen LogP contribution in [0.3, 0.4) is 0 Å². The highest BCUT2D eigenvalue weighted by molar-refractivity contribution is 4.83. The zero-order valence-corrected chi connectivity index (χ0v) is 7.19. The van der Waals surface area contributed by atoms with Crippen molar-refractivity contribution in [1.29, 1.82) is 0 Å². The molecule has 2 nitrogen and oxygen atoms in total. The fourth-order valence-corrected chi connectivity index (χ4v) is 0.947. The largest absolute Gasteiger partial charge is 0.450 e. The molecule has 13 heavy (non-hydrogen) atoms. The summed E-state index contributed by atoms with van der Waals surface area (Å²) in [5.74, 6) is -3.65. The van der Waals surface area contributed by atoms with E-state index in [1.807, 2.05) is 0 Å². The molecule has 1 fully saturated rings. The molecule has 0 aromatic heterocycles. The lowest BCUT2D eigenvalue weighted by molar-refractivity contribution is -0.387. The minimum Gasteiger partial charge on any atom is -0.370 e. The molecule has 0 saturated carbocycles. The number of ether oxygens (including phenoxy) is 2. The molecule has 0 aromatic rings. The highest BCUT2D eigenvalue weighted by Gasteiger charge is 2.61. The smallest absolute Gasteiger partial charge is 0.370 e. The molecule has 3 atom stereocenters. The SMILES string of the molecule is CC1OCC(F)(C(F)(F)F)OC1C. The van der Waals surface area contributed by atoms with Crippen LogP contribution in [0.15, 0.2) is 0 Å². The first kappa shape index (κ1) is 10.7. The summed E-state index contributed by atoms with van der Waals surface area (Å²) in [5.41, 5.74) is 0. The Balaban J connectivity index is 2.73. The third-order valence-electron chi connectivity index (χ3n) is 1.99. The van der Waals surface area contributed by atoms with Gasteiger partial charge in [0, 0.05) is 0 Å². The van der Waals surface area contributed by atoms with Crippen molar-refractivity contribution in [3.63, 3.8) is 0 Å². The summed E-state index contributed by atoms with van der Waals surface area (Å²) < 4.78 is 58.0. The van der Waals surface area contributed by atoms with Crippen LogP contribution < -0.4 is 0 Å². The van der Waals surface area contributed by atoms with Gasteiger partial charge in [0.25, 0.3) is 0 Å². The van der Waals surface area contributed by atoms with Gasteiger partial charge < -0.3 is 9.47 Å². The van der Waals surface area contributed by atoms with Crippen molar-refractivity contribution in [2.75, 3.05) is 6.61 Å². The van der Waals surface area contributed by atoms with Gasteiger partial charge in [-0.05, 0) is 13.8 Å². The lowest BCUT2D eigenvalue weighted by atomic mass is 10.2. The number of rotatable bonds is 0. The van der Waals surface area contributed by atoms with Gasteiger partial charge in [-0.25, -0.2) is 0 Å². The molecule has 0 spiro atoms. The Hall–Kier alpha value is -0.360. The summed E-state index contributed by atoms with van der Waals surface area (Å²) in [6.07, 6.45) is -6.46. The topological polar surface area (TPSA) is 18.5 Å². The Morgan fingerprint density at radius 2 is 1.77 bits per heavy atom. The molecule has 0 bridgehead atoms. The summed E-state index contributed by atoms with van der Waals surface area (Å²) in [4.78, 5) is 0. The Morgan fingerprint density at radius 3 is 2.15 bits per heavy atom. The third kappa shape index (κ3) is 1.94. The summed E-state index contributed by atoms with van der Waals surface area (Å²) in [5, 5.41) is 0. The summed E-state index contributed by atoms with van der Waals surface area (Å²) in [7, 11) is 0. The van der Waals surface area contributed by atoms with Gasteiger partial charge in [0.2, 0.25) is 0 Å². The zero-order chi connectivity index (χ0) is 10.3. The molecule has 78 valence electrons. The van der Waals surface area contributed by atoms with Crippen molar-refractivity contribution in [1.82, 2.24) is 0 Å². The van der Waals surface area contributed by atoms with E-state index in [0.29, 0.717) is 0 Å².